The molecule has 1 aromatic carbocycles. The highest BCUT2D eigenvalue weighted by Gasteiger charge is 2.34. The minimum atomic E-state index is -0.556. The predicted molar refractivity (Wildman–Crippen MR) is 114 cm³/mol. The van der Waals surface area contributed by atoms with E-state index in [4.69, 9.17) is 0 Å². The molecule has 0 spiro atoms. The number of rotatable bonds is 7. The van der Waals surface area contributed by atoms with Crippen molar-refractivity contribution in [3.63, 3.8) is 0 Å². The third-order valence-electron chi connectivity index (χ3n) is 5.46. The zero-order valence-electron chi connectivity index (χ0n) is 18.3. The SMILES string of the molecule is Cc1ccccc1C(=O)N1CCC([C@@H](NC(=O)C(C)C)C(=O)NCC(C)C)CC1. The zero-order valence-corrected chi connectivity index (χ0v) is 18.3. The first-order valence-corrected chi connectivity index (χ1v) is 10.6. The van der Waals surface area contributed by atoms with Crippen molar-refractivity contribution in [2.24, 2.45) is 17.8 Å². The molecule has 1 fully saturated rings. The van der Waals surface area contributed by atoms with Crippen LogP contribution in [0, 0.1) is 24.7 Å². The van der Waals surface area contributed by atoms with E-state index in [1.54, 1.807) is 0 Å². The van der Waals surface area contributed by atoms with Crippen LogP contribution in [0.2, 0.25) is 0 Å². The summed E-state index contributed by atoms with van der Waals surface area (Å²) in [5, 5.41) is 5.90. The summed E-state index contributed by atoms with van der Waals surface area (Å²) in [4.78, 5) is 39.8. The molecule has 2 rings (SSSR count). The fourth-order valence-corrected chi connectivity index (χ4v) is 3.55. The van der Waals surface area contributed by atoms with E-state index in [-0.39, 0.29) is 29.6 Å². The van der Waals surface area contributed by atoms with Crippen molar-refractivity contribution >= 4 is 17.7 Å². The normalized spacial score (nSPS) is 16.0. The molecule has 1 saturated heterocycles. The van der Waals surface area contributed by atoms with Gasteiger partial charge in [0.25, 0.3) is 5.91 Å². The number of carbonyl (C=O) groups is 3. The van der Waals surface area contributed by atoms with Crippen LogP contribution in [0.4, 0.5) is 0 Å². The quantitative estimate of drug-likeness (QED) is 0.737. The summed E-state index contributed by atoms with van der Waals surface area (Å²) in [6.07, 6.45) is 1.38. The molecular weight excluding hydrogens is 366 g/mol. The minimum absolute atomic E-state index is 0.0192. The van der Waals surface area contributed by atoms with Gasteiger partial charge >= 0.3 is 0 Å². The van der Waals surface area contributed by atoms with Crippen LogP contribution < -0.4 is 10.6 Å². The second-order valence-corrected chi connectivity index (χ2v) is 8.72. The number of hydrogen-bond acceptors (Lipinski definition) is 3. The zero-order chi connectivity index (χ0) is 21.6. The number of piperidine rings is 1. The molecule has 0 bridgehead atoms. The number of nitrogens with one attached hydrogen (secondary N) is 2. The van der Waals surface area contributed by atoms with Gasteiger partial charge in [0.15, 0.2) is 0 Å². The summed E-state index contributed by atoms with van der Waals surface area (Å²) in [6, 6.07) is 7.05. The highest BCUT2D eigenvalue weighted by atomic mass is 16.2. The highest BCUT2D eigenvalue weighted by molar-refractivity contribution is 5.95. The van der Waals surface area contributed by atoms with E-state index in [0.717, 1.165) is 11.1 Å². The number of likely N-dealkylation sites (tertiary alicyclic amines) is 1. The summed E-state index contributed by atoms with van der Waals surface area (Å²) in [5.41, 5.74) is 1.69. The molecule has 1 aliphatic rings. The van der Waals surface area contributed by atoms with Crippen molar-refractivity contribution in [3.8, 4) is 0 Å². The summed E-state index contributed by atoms with van der Waals surface area (Å²) >= 11 is 0. The van der Waals surface area contributed by atoms with Crippen molar-refractivity contribution in [1.29, 1.82) is 0 Å². The average Bonchev–Trinajstić information content (AvgIpc) is 2.70. The lowest BCUT2D eigenvalue weighted by Gasteiger charge is -2.36. The topological polar surface area (TPSA) is 78.5 Å². The van der Waals surface area contributed by atoms with Gasteiger partial charge in [-0.15, -0.1) is 0 Å². The average molecular weight is 402 g/mol. The van der Waals surface area contributed by atoms with Crippen molar-refractivity contribution in [2.75, 3.05) is 19.6 Å². The van der Waals surface area contributed by atoms with Gasteiger partial charge in [0.05, 0.1) is 0 Å². The summed E-state index contributed by atoms with van der Waals surface area (Å²) in [7, 11) is 0. The summed E-state index contributed by atoms with van der Waals surface area (Å²) in [5.74, 6) is -0.0315. The lowest BCUT2D eigenvalue weighted by molar-refractivity contribution is -0.132. The first-order chi connectivity index (χ1) is 13.7. The number of hydrogen-bond donors (Lipinski definition) is 2. The molecule has 0 aromatic heterocycles. The standard InChI is InChI=1S/C23H35N3O3/c1-15(2)14-24-22(28)20(25-21(27)16(3)4)18-10-12-26(13-11-18)23(29)19-9-7-6-8-17(19)5/h6-9,15-16,18,20H,10-14H2,1-5H3,(H,24,28)(H,25,27)/t20-/m1/s1. The Balaban J connectivity index is 2.04. The summed E-state index contributed by atoms with van der Waals surface area (Å²) in [6.45, 7) is 11.4. The second kappa shape index (κ2) is 10.4. The molecule has 0 aliphatic carbocycles. The van der Waals surface area contributed by atoms with E-state index in [1.165, 1.54) is 0 Å². The third kappa shape index (κ3) is 6.31. The Morgan fingerprint density at radius 1 is 1.03 bits per heavy atom. The van der Waals surface area contributed by atoms with Gasteiger partial charge in [-0.3, -0.25) is 14.4 Å². The Kier molecular flexibility index (Phi) is 8.23. The second-order valence-electron chi connectivity index (χ2n) is 8.72. The van der Waals surface area contributed by atoms with Crippen molar-refractivity contribution in [3.05, 3.63) is 35.4 Å². The van der Waals surface area contributed by atoms with E-state index in [1.807, 2.05) is 63.8 Å². The third-order valence-corrected chi connectivity index (χ3v) is 5.46. The number of nitrogens with zero attached hydrogens (tertiary/aromatic N) is 1. The largest absolute Gasteiger partial charge is 0.354 e. The van der Waals surface area contributed by atoms with Crippen molar-refractivity contribution in [2.45, 2.75) is 53.5 Å². The van der Waals surface area contributed by atoms with Gasteiger partial charge in [0.1, 0.15) is 6.04 Å². The molecule has 0 saturated carbocycles. The van der Waals surface area contributed by atoms with Gasteiger partial charge in [0.2, 0.25) is 11.8 Å². The van der Waals surface area contributed by atoms with Crippen LogP contribution in [-0.4, -0.2) is 48.3 Å². The molecule has 2 N–H and O–H groups in total. The molecule has 6 nitrogen and oxygen atoms in total. The molecule has 1 aliphatic heterocycles. The molecule has 0 unspecified atom stereocenters. The van der Waals surface area contributed by atoms with Crippen molar-refractivity contribution < 1.29 is 14.4 Å². The molecule has 29 heavy (non-hydrogen) atoms. The van der Waals surface area contributed by atoms with Crippen LogP contribution in [0.25, 0.3) is 0 Å². The Labute approximate surface area is 174 Å². The van der Waals surface area contributed by atoms with Gasteiger partial charge < -0.3 is 15.5 Å². The maximum absolute atomic E-state index is 12.9. The predicted octanol–water partition coefficient (Wildman–Crippen LogP) is 2.76. The van der Waals surface area contributed by atoms with E-state index in [9.17, 15) is 14.4 Å². The van der Waals surface area contributed by atoms with Crippen LogP contribution in [-0.2, 0) is 9.59 Å². The van der Waals surface area contributed by atoms with Crippen LogP contribution in [0.1, 0.15) is 56.5 Å². The molecule has 160 valence electrons. The number of aryl methyl sites for hydroxylation is 1. The van der Waals surface area contributed by atoms with Gasteiger partial charge in [0, 0.05) is 31.1 Å². The monoisotopic (exact) mass is 401 g/mol. The Morgan fingerprint density at radius 2 is 1.66 bits per heavy atom. The lowest BCUT2D eigenvalue weighted by atomic mass is 9.88. The fraction of sp³-hybridized carbons (Fsp3) is 0.609. The fourth-order valence-electron chi connectivity index (χ4n) is 3.55. The maximum atomic E-state index is 12.9. The minimum Gasteiger partial charge on any atom is -0.354 e. The molecular formula is C23H35N3O3. The Bertz CT molecular complexity index is 722. The van der Waals surface area contributed by atoms with Gasteiger partial charge in [-0.25, -0.2) is 0 Å². The van der Waals surface area contributed by atoms with Gasteiger partial charge in [-0.2, -0.15) is 0 Å². The Hall–Kier alpha value is -2.37. The van der Waals surface area contributed by atoms with Gasteiger partial charge in [-0.05, 0) is 43.2 Å². The van der Waals surface area contributed by atoms with E-state index in [2.05, 4.69) is 10.6 Å². The smallest absolute Gasteiger partial charge is 0.254 e. The van der Waals surface area contributed by atoms with Crippen LogP contribution in [0.5, 0.6) is 0 Å². The molecule has 0 radical (unpaired) electrons. The first kappa shape index (κ1) is 22.9. The number of benzene rings is 1. The van der Waals surface area contributed by atoms with E-state index < -0.39 is 6.04 Å². The van der Waals surface area contributed by atoms with Crippen LogP contribution >= 0.6 is 0 Å². The summed E-state index contributed by atoms with van der Waals surface area (Å²) < 4.78 is 0. The molecule has 1 heterocycles. The van der Waals surface area contributed by atoms with Crippen LogP contribution in [0.15, 0.2) is 24.3 Å². The van der Waals surface area contributed by atoms with E-state index >= 15 is 0 Å². The van der Waals surface area contributed by atoms with E-state index in [0.29, 0.717) is 38.4 Å². The molecule has 1 atom stereocenters. The number of carbonyl (C=O) groups excluding carboxylic acids is 3. The lowest BCUT2D eigenvalue weighted by Crippen LogP contribution is -2.54. The van der Waals surface area contributed by atoms with Gasteiger partial charge in [-0.1, -0.05) is 45.9 Å². The Morgan fingerprint density at radius 3 is 2.21 bits per heavy atom. The van der Waals surface area contributed by atoms with Crippen molar-refractivity contribution in [1.82, 2.24) is 15.5 Å². The highest BCUT2D eigenvalue weighted by Crippen LogP contribution is 2.23. The molecule has 3 amide bonds. The number of amides is 3. The molecule has 6 heteroatoms. The maximum Gasteiger partial charge on any atom is 0.254 e. The first-order valence-electron chi connectivity index (χ1n) is 10.6. The van der Waals surface area contributed by atoms with Crippen LogP contribution in [0.3, 0.4) is 0 Å². The molecule has 1 aromatic rings.